The van der Waals surface area contributed by atoms with Gasteiger partial charge in [0.15, 0.2) is 5.75 Å². The highest BCUT2D eigenvalue weighted by Gasteiger charge is 2.30. The second kappa shape index (κ2) is 11.0. The first-order valence-electron chi connectivity index (χ1n) is 10.4. The number of phenols is 1. The number of aromatic hydroxyl groups is 1. The number of aromatic nitrogens is 1. The predicted molar refractivity (Wildman–Crippen MR) is 137 cm³/mol. The molecule has 4 aromatic rings. The molecule has 1 aromatic heterocycles. The van der Waals surface area contributed by atoms with Gasteiger partial charge in [-0.3, -0.25) is 0 Å². The van der Waals surface area contributed by atoms with Crippen LogP contribution in [0.2, 0.25) is 15.1 Å². The van der Waals surface area contributed by atoms with E-state index in [4.69, 9.17) is 39.5 Å². The number of ether oxygens (including phenoxy) is 1. The Morgan fingerprint density at radius 3 is 2.28 bits per heavy atom. The molecule has 0 aliphatic heterocycles. The van der Waals surface area contributed by atoms with Crippen molar-refractivity contribution in [3.63, 3.8) is 0 Å². The van der Waals surface area contributed by atoms with Crippen LogP contribution in [0.3, 0.4) is 0 Å². The molecule has 0 saturated heterocycles. The summed E-state index contributed by atoms with van der Waals surface area (Å²) in [5.41, 5.74) is 0.876. The lowest BCUT2D eigenvalue weighted by Crippen LogP contribution is -2.30. The van der Waals surface area contributed by atoms with Crippen molar-refractivity contribution in [1.82, 2.24) is 9.29 Å². The molecule has 1 N–H and O–H groups in total. The summed E-state index contributed by atoms with van der Waals surface area (Å²) < 4.78 is 47.6. The first-order valence-corrected chi connectivity index (χ1v) is 13.0. The van der Waals surface area contributed by atoms with E-state index in [1.54, 1.807) is 42.5 Å². The van der Waals surface area contributed by atoms with Gasteiger partial charge in [0.2, 0.25) is 15.9 Å². The first-order chi connectivity index (χ1) is 17.1. The average Bonchev–Trinajstić information content (AvgIpc) is 2.84. The highest BCUT2D eigenvalue weighted by atomic mass is 35.5. The lowest BCUT2D eigenvalue weighted by atomic mass is 10.2. The van der Waals surface area contributed by atoms with E-state index in [1.165, 1.54) is 30.3 Å². The van der Waals surface area contributed by atoms with Gasteiger partial charge in [-0.2, -0.15) is 4.31 Å². The maximum atomic E-state index is 13.6. The Bertz CT molecular complexity index is 1480. The van der Waals surface area contributed by atoms with E-state index in [2.05, 4.69) is 4.98 Å². The molecule has 6 nitrogen and oxygen atoms in total. The molecular formula is C25H18Cl3FN2O4S. The van der Waals surface area contributed by atoms with Crippen molar-refractivity contribution in [2.75, 3.05) is 0 Å². The fourth-order valence-electron chi connectivity index (χ4n) is 3.30. The summed E-state index contributed by atoms with van der Waals surface area (Å²) in [5, 5.41) is 10.8. The third kappa shape index (κ3) is 6.27. The molecule has 0 unspecified atom stereocenters. The molecule has 0 radical (unpaired) electrons. The zero-order valence-electron chi connectivity index (χ0n) is 18.4. The van der Waals surface area contributed by atoms with Crippen LogP contribution < -0.4 is 4.74 Å². The van der Waals surface area contributed by atoms with E-state index in [0.717, 1.165) is 10.4 Å². The minimum atomic E-state index is -4.33. The Kier molecular flexibility index (Phi) is 8.02. The predicted octanol–water partition coefficient (Wildman–Crippen LogP) is 7.07. The number of phenolic OH excluding ortho intramolecular Hbond substituents is 1. The van der Waals surface area contributed by atoms with Crippen molar-refractivity contribution < 1.29 is 22.7 Å². The standard InChI is InChI=1S/C25H18Cl3FN2O4S/c26-17-6-10-21(11-7-17)35-24-3-1-2-20(30-24)15-31(14-16-4-8-19(29)9-5-16)36(33,34)23-13-18(27)12-22(28)25(23)32/h1-13,32H,14-15H2. The van der Waals surface area contributed by atoms with Crippen LogP contribution in [-0.4, -0.2) is 22.8 Å². The smallest absolute Gasteiger partial charge is 0.247 e. The third-order valence-corrected chi connectivity index (χ3v) is 7.60. The number of hydrogen-bond acceptors (Lipinski definition) is 5. The van der Waals surface area contributed by atoms with Crippen molar-refractivity contribution >= 4 is 44.8 Å². The molecule has 0 atom stereocenters. The van der Waals surface area contributed by atoms with Crippen LogP contribution in [0, 0.1) is 5.82 Å². The zero-order chi connectivity index (χ0) is 25.9. The number of sulfonamides is 1. The normalized spacial score (nSPS) is 11.6. The first kappa shape index (κ1) is 26.2. The highest BCUT2D eigenvalue weighted by molar-refractivity contribution is 7.89. The van der Waals surface area contributed by atoms with E-state index in [-0.39, 0.29) is 29.0 Å². The fourth-order valence-corrected chi connectivity index (χ4v) is 5.57. The topological polar surface area (TPSA) is 79.7 Å². The second-order valence-corrected chi connectivity index (χ2v) is 10.8. The Labute approximate surface area is 222 Å². The molecule has 0 aliphatic carbocycles. The van der Waals surface area contributed by atoms with Gasteiger partial charge in [-0.05, 0) is 60.2 Å². The monoisotopic (exact) mass is 566 g/mol. The molecule has 0 aliphatic rings. The number of rotatable bonds is 8. The number of pyridine rings is 1. The van der Waals surface area contributed by atoms with E-state index in [0.29, 0.717) is 22.0 Å². The van der Waals surface area contributed by atoms with E-state index < -0.39 is 26.5 Å². The fraction of sp³-hybridized carbons (Fsp3) is 0.0800. The molecule has 3 aromatic carbocycles. The van der Waals surface area contributed by atoms with Crippen LogP contribution in [0.25, 0.3) is 0 Å². The van der Waals surface area contributed by atoms with Gasteiger partial charge >= 0.3 is 0 Å². The summed E-state index contributed by atoms with van der Waals surface area (Å²) in [6, 6.07) is 19.4. The minimum Gasteiger partial charge on any atom is -0.505 e. The molecule has 0 fully saturated rings. The van der Waals surface area contributed by atoms with Gasteiger partial charge in [0.1, 0.15) is 16.5 Å². The second-order valence-electron chi connectivity index (χ2n) is 7.66. The lowest BCUT2D eigenvalue weighted by Gasteiger charge is -2.23. The molecule has 0 saturated carbocycles. The third-order valence-electron chi connectivity index (χ3n) is 5.04. The van der Waals surface area contributed by atoms with Gasteiger partial charge in [-0.1, -0.05) is 53.0 Å². The van der Waals surface area contributed by atoms with Gasteiger partial charge in [0.25, 0.3) is 0 Å². The summed E-state index contributed by atoms with van der Waals surface area (Å²) in [5.74, 6) is -0.347. The van der Waals surface area contributed by atoms with E-state index in [9.17, 15) is 17.9 Å². The van der Waals surface area contributed by atoms with Gasteiger partial charge in [-0.25, -0.2) is 17.8 Å². The molecule has 11 heteroatoms. The Morgan fingerprint density at radius 1 is 0.889 bits per heavy atom. The largest absolute Gasteiger partial charge is 0.505 e. The number of hydrogen-bond donors (Lipinski definition) is 1. The molecule has 0 spiro atoms. The lowest BCUT2D eigenvalue weighted by molar-refractivity contribution is 0.387. The molecule has 1 heterocycles. The van der Waals surface area contributed by atoms with Crippen molar-refractivity contribution in [2.24, 2.45) is 0 Å². The SMILES string of the molecule is O=S(=O)(c1cc(Cl)cc(Cl)c1O)N(Cc1ccc(F)cc1)Cc1cccc(Oc2ccc(Cl)cc2)n1. The van der Waals surface area contributed by atoms with Crippen LogP contribution in [0.4, 0.5) is 4.39 Å². The average molecular weight is 568 g/mol. The Hall–Kier alpha value is -2.88. The van der Waals surface area contributed by atoms with Crippen LogP contribution in [0.15, 0.2) is 83.8 Å². The summed E-state index contributed by atoms with van der Waals surface area (Å²) in [6.45, 7) is -0.336. The van der Waals surface area contributed by atoms with Gasteiger partial charge in [0, 0.05) is 22.7 Å². The Morgan fingerprint density at radius 2 is 1.58 bits per heavy atom. The van der Waals surface area contributed by atoms with Crippen molar-refractivity contribution in [1.29, 1.82) is 0 Å². The van der Waals surface area contributed by atoms with Crippen molar-refractivity contribution in [3.8, 4) is 17.4 Å². The molecule has 0 bridgehead atoms. The van der Waals surface area contributed by atoms with Gasteiger partial charge < -0.3 is 9.84 Å². The van der Waals surface area contributed by atoms with Crippen LogP contribution in [-0.2, 0) is 23.1 Å². The molecule has 186 valence electrons. The molecular weight excluding hydrogens is 550 g/mol. The summed E-state index contributed by atoms with van der Waals surface area (Å²) >= 11 is 17.9. The van der Waals surface area contributed by atoms with Crippen molar-refractivity contribution in [3.05, 3.63) is 111 Å². The van der Waals surface area contributed by atoms with Crippen LogP contribution in [0.1, 0.15) is 11.3 Å². The molecule has 4 rings (SSSR count). The summed E-state index contributed by atoms with van der Waals surface area (Å²) in [4.78, 5) is 3.95. The zero-order valence-corrected chi connectivity index (χ0v) is 21.5. The molecule has 0 amide bonds. The quantitative estimate of drug-likeness (QED) is 0.246. The van der Waals surface area contributed by atoms with E-state index in [1.807, 2.05) is 0 Å². The number of halogens is 4. The van der Waals surface area contributed by atoms with Crippen molar-refractivity contribution in [2.45, 2.75) is 18.0 Å². The summed E-state index contributed by atoms with van der Waals surface area (Å²) in [6.07, 6.45) is 0. The van der Waals surface area contributed by atoms with Gasteiger partial charge in [-0.15, -0.1) is 0 Å². The Balaban J connectivity index is 1.69. The minimum absolute atomic E-state index is 0.0367. The number of benzene rings is 3. The summed E-state index contributed by atoms with van der Waals surface area (Å²) in [7, 11) is -4.33. The van der Waals surface area contributed by atoms with Crippen LogP contribution >= 0.6 is 34.8 Å². The van der Waals surface area contributed by atoms with E-state index >= 15 is 0 Å². The van der Waals surface area contributed by atoms with Crippen LogP contribution in [0.5, 0.6) is 17.4 Å². The van der Waals surface area contributed by atoms with Gasteiger partial charge in [0.05, 0.1) is 17.3 Å². The maximum absolute atomic E-state index is 13.6. The highest BCUT2D eigenvalue weighted by Crippen LogP contribution is 2.36. The number of nitrogens with zero attached hydrogens (tertiary/aromatic N) is 2. The maximum Gasteiger partial charge on any atom is 0.247 e. The molecule has 36 heavy (non-hydrogen) atoms.